The summed E-state index contributed by atoms with van der Waals surface area (Å²) < 4.78 is 0. The van der Waals surface area contributed by atoms with Crippen molar-refractivity contribution in [1.82, 2.24) is 0 Å². The molecule has 0 heterocycles. The first-order chi connectivity index (χ1) is 4.81. The molecule has 0 spiro atoms. The van der Waals surface area contributed by atoms with Crippen LogP contribution in [0.4, 0.5) is 0 Å². The highest BCUT2D eigenvalue weighted by Gasteiger charge is 1.90. The minimum Gasteiger partial charge on any atom is -0.299 e. The summed E-state index contributed by atoms with van der Waals surface area (Å²) >= 11 is 5.65. The quantitative estimate of drug-likeness (QED) is 0.343. The Hall–Kier alpha value is -0.300. The average molecular weight is 161 g/mol. The molecule has 0 aromatic carbocycles. The summed E-state index contributed by atoms with van der Waals surface area (Å²) in [6, 6.07) is 0. The van der Waals surface area contributed by atoms with Gasteiger partial charge >= 0.3 is 0 Å². The summed E-state index contributed by atoms with van der Waals surface area (Å²) in [5.41, 5.74) is 0. The maximum absolute atomic E-state index is 9.89. The molecular weight excluding hydrogens is 148 g/mol. The van der Waals surface area contributed by atoms with Gasteiger partial charge in [-0.05, 0) is 18.9 Å². The van der Waals surface area contributed by atoms with Gasteiger partial charge in [-0.25, -0.2) is 0 Å². The van der Waals surface area contributed by atoms with E-state index in [-0.39, 0.29) is 0 Å². The second-order valence-corrected chi connectivity index (χ2v) is 2.69. The topological polar surface area (TPSA) is 17.1 Å². The standard InChI is InChI=1S/C8H13ClO/c1-2-3-4-5-8(9)6-7-10/h6-7H,2-5H2,1H3/b8-6-. The first-order valence-corrected chi connectivity index (χ1v) is 3.99. The highest BCUT2D eigenvalue weighted by Crippen LogP contribution is 2.11. The maximum atomic E-state index is 9.89. The Balaban J connectivity index is 3.29. The molecule has 0 unspecified atom stereocenters. The minimum atomic E-state index is 0.670. The fourth-order valence-corrected chi connectivity index (χ4v) is 0.886. The molecule has 0 rings (SSSR count). The number of carbonyl (C=O) groups is 1. The first kappa shape index (κ1) is 9.70. The molecule has 58 valence electrons. The fraction of sp³-hybridized carbons (Fsp3) is 0.625. The Kier molecular flexibility index (Phi) is 6.61. The average Bonchev–Trinajstić information content (AvgIpc) is 1.89. The van der Waals surface area contributed by atoms with Crippen LogP contribution in [-0.2, 0) is 4.79 Å². The van der Waals surface area contributed by atoms with Crippen LogP contribution in [0.1, 0.15) is 32.6 Å². The molecule has 0 saturated carbocycles. The zero-order valence-corrected chi connectivity index (χ0v) is 7.03. The third kappa shape index (κ3) is 5.83. The van der Waals surface area contributed by atoms with E-state index in [2.05, 4.69) is 6.92 Å². The number of unbranched alkanes of at least 4 members (excludes halogenated alkanes) is 2. The van der Waals surface area contributed by atoms with E-state index in [4.69, 9.17) is 11.6 Å². The molecule has 0 atom stereocenters. The lowest BCUT2D eigenvalue weighted by Crippen LogP contribution is -1.76. The maximum Gasteiger partial charge on any atom is 0.143 e. The predicted octanol–water partition coefficient (Wildman–Crippen LogP) is 2.89. The molecule has 0 aliphatic carbocycles. The van der Waals surface area contributed by atoms with Crippen molar-refractivity contribution in [1.29, 1.82) is 0 Å². The number of hydrogen-bond acceptors (Lipinski definition) is 1. The Morgan fingerprint density at radius 3 is 2.70 bits per heavy atom. The summed E-state index contributed by atoms with van der Waals surface area (Å²) in [6.07, 6.45) is 6.44. The molecule has 0 amide bonds. The molecule has 0 radical (unpaired) electrons. The van der Waals surface area contributed by atoms with Crippen molar-refractivity contribution in [2.75, 3.05) is 0 Å². The van der Waals surface area contributed by atoms with Crippen LogP contribution < -0.4 is 0 Å². The molecule has 0 aromatic heterocycles. The van der Waals surface area contributed by atoms with Crippen LogP contribution >= 0.6 is 11.6 Å². The fourth-order valence-electron chi connectivity index (χ4n) is 0.701. The number of hydrogen-bond donors (Lipinski definition) is 0. The van der Waals surface area contributed by atoms with E-state index in [1.807, 2.05) is 0 Å². The summed E-state index contributed by atoms with van der Waals surface area (Å²) in [7, 11) is 0. The van der Waals surface area contributed by atoms with Crippen LogP contribution in [0.3, 0.4) is 0 Å². The molecule has 0 N–H and O–H groups in total. The molecule has 0 fully saturated rings. The van der Waals surface area contributed by atoms with E-state index < -0.39 is 0 Å². The van der Waals surface area contributed by atoms with Gasteiger partial charge in [0.2, 0.25) is 0 Å². The summed E-state index contributed by atoms with van der Waals surface area (Å²) in [5, 5.41) is 0.670. The molecular formula is C8H13ClO. The smallest absolute Gasteiger partial charge is 0.143 e. The summed E-state index contributed by atoms with van der Waals surface area (Å²) in [5.74, 6) is 0. The van der Waals surface area contributed by atoms with E-state index in [1.165, 1.54) is 18.9 Å². The Bertz CT molecular complexity index is 118. The molecule has 0 aliphatic rings. The predicted molar refractivity (Wildman–Crippen MR) is 44.1 cm³/mol. The van der Waals surface area contributed by atoms with E-state index in [9.17, 15) is 4.79 Å². The summed E-state index contributed by atoms with van der Waals surface area (Å²) in [6.45, 7) is 2.14. The van der Waals surface area contributed by atoms with E-state index in [0.717, 1.165) is 19.1 Å². The van der Waals surface area contributed by atoms with Gasteiger partial charge in [-0.3, -0.25) is 4.79 Å². The van der Waals surface area contributed by atoms with Crippen molar-refractivity contribution < 1.29 is 4.79 Å². The molecule has 0 saturated heterocycles. The van der Waals surface area contributed by atoms with Crippen molar-refractivity contribution in [3.8, 4) is 0 Å². The number of carbonyl (C=O) groups excluding carboxylic acids is 1. The number of rotatable bonds is 5. The van der Waals surface area contributed by atoms with Crippen molar-refractivity contribution >= 4 is 17.9 Å². The number of aldehydes is 1. The monoisotopic (exact) mass is 160 g/mol. The van der Waals surface area contributed by atoms with Gasteiger partial charge in [-0.2, -0.15) is 0 Å². The van der Waals surface area contributed by atoms with Gasteiger partial charge in [0, 0.05) is 5.03 Å². The molecule has 2 heteroatoms. The number of allylic oxidation sites excluding steroid dienone is 2. The van der Waals surface area contributed by atoms with E-state index >= 15 is 0 Å². The second-order valence-electron chi connectivity index (χ2n) is 2.21. The Labute approximate surface area is 67.1 Å². The van der Waals surface area contributed by atoms with Gasteiger partial charge in [0.1, 0.15) is 6.29 Å². The van der Waals surface area contributed by atoms with Crippen LogP contribution in [0.2, 0.25) is 0 Å². The molecule has 10 heavy (non-hydrogen) atoms. The van der Waals surface area contributed by atoms with Crippen molar-refractivity contribution in [3.63, 3.8) is 0 Å². The number of halogens is 1. The highest BCUT2D eigenvalue weighted by molar-refractivity contribution is 6.30. The molecule has 1 nitrogen and oxygen atoms in total. The van der Waals surface area contributed by atoms with Gasteiger partial charge < -0.3 is 0 Å². The molecule has 0 bridgehead atoms. The van der Waals surface area contributed by atoms with Crippen LogP contribution in [0, 0.1) is 0 Å². The van der Waals surface area contributed by atoms with Gasteiger partial charge in [0.25, 0.3) is 0 Å². The second kappa shape index (κ2) is 6.81. The van der Waals surface area contributed by atoms with Gasteiger partial charge in [0.05, 0.1) is 0 Å². The normalized spacial score (nSPS) is 11.6. The van der Waals surface area contributed by atoms with Crippen molar-refractivity contribution in [2.24, 2.45) is 0 Å². The third-order valence-corrected chi connectivity index (χ3v) is 1.58. The Morgan fingerprint density at radius 2 is 2.20 bits per heavy atom. The van der Waals surface area contributed by atoms with Gasteiger partial charge in [0.15, 0.2) is 0 Å². The first-order valence-electron chi connectivity index (χ1n) is 3.61. The lowest BCUT2D eigenvalue weighted by atomic mass is 10.2. The third-order valence-electron chi connectivity index (χ3n) is 1.27. The highest BCUT2D eigenvalue weighted by atomic mass is 35.5. The van der Waals surface area contributed by atoms with Crippen LogP contribution in [-0.4, -0.2) is 6.29 Å². The lowest BCUT2D eigenvalue weighted by Gasteiger charge is -1.94. The zero-order chi connectivity index (χ0) is 7.82. The van der Waals surface area contributed by atoms with Gasteiger partial charge in [-0.15, -0.1) is 0 Å². The van der Waals surface area contributed by atoms with Crippen molar-refractivity contribution in [3.05, 3.63) is 11.1 Å². The van der Waals surface area contributed by atoms with Crippen LogP contribution in [0.5, 0.6) is 0 Å². The van der Waals surface area contributed by atoms with Crippen molar-refractivity contribution in [2.45, 2.75) is 32.6 Å². The van der Waals surface area contributed by atoms with E-state index in [1.54, 1.807) is 0 Å². The Morgan fingerprint density at radius 1 is 1.50 bits per heavy atom. The minimum absolute atomic E-state index is 0.670. The largest absolute Gasteiger partial charge is 0.299 e. The molecule has 0 aliphatic heterocycles. The summed E-state index contributed by atoms with van der Waals surface area (Å²) in [4.78, 5) is 9.89. The lowest BCUT2D eigenvalue weighted by molar-refractivity contribution is -0.104. The SMILES string of the molecule is CCCCC/C(Cl)=C/C=O. The van der Waals surface area contributed by atoms with E-state index in [0.29, 0.717) is 5.03 Å². The molecule has 0 aromatic rings. The zero-order valence-electron chi connectivity index (χ0n) is 6.27. The van der Waals surface area contributed by atoms with Gasteiger partial charge in [-0.1, -0.05) is 31.4 Å². The van der Waals surface area contributed by atoms with Crippen LogP contribution in [0.15, 0.2) is 11.1 Å². The van der Waals surface area contributed by atoms with Crippen LogP contribution in [0.25, 0.3) is 0 Å².